The molecule has 5 rings (SSSR count). The zero-order chi connectivity index (χ0) is 23.1. The van der Waals surface area contributed by atoms with E-state index in [0.29, 0.717) is 14.6 Å². The molecule has 8 heteroatoms. The molecule has 1 N–H and O–H groups in total. The van der Waals surface area contributed by atoms with Crippen LogP contribution < -0.4 is 5.32 Å². The quantitative estimate of drug-likeness (QED) is 0.682. The van der Waals surface area contributed by atoms with Crippen molar-refractivity contribution in [3.63, 3.8) is 0 Å². The van der Waals surface area contributed by atoms with Gasteiger partial charge in [-0.25, -0.2) is 4.52 Å². The Balaban J connectivity index is 1.35. The van der Waals surface area contributed by atoms with Crippen molar-refractivity contribution < 1.29 is 4.79 Å². The Morgan fingerprint density at radius 2 is 1.97 bits per heavy atom. The van der Waals surface area contributed by atoms with Crippen molar-refractivity contribution in [1.29, 1.82) is 0 Å². The van der Waals surface area contributed by atoms with Gasteiger partial charge in [0, 0.05) is 36.7 Å². The summed E-state index contributed by atoms with van der Waals surface area (Å²) in [4.78, 5) is 22.1. The van der Waals surface area contributed by atoms with Crippen LogP contribution in [0.1, 0.15) is 50.2 Å². The van der Waals surface area contributed by atoms with Gasteiger partial charge >= 0.3 is 0 Å². The highest BCUT2D eigenvalue weighted by Crippen LogP contribution is 2.47. The molecular formula is C25H33N6OP. The first kappa shape index (κ1) is 22.3. The van der Waals surface area contributed by atoms with Gasteiger partial charge in [-0.05, 0) is 64.3 Å². The lowest BCUT2D eigenvalue weighted by Crippen LogP contribution is -2.44. The Hall–Kier alpha value is -2.50. The molecular weight excluding hydrogens is 431 g/mol. The van der Waals surface area contributed by atoms with Crippen molar-refractivity contribution in [1.82, 2.24) is 29.7 Å². The van der Waals surface area contributed by atoms with Gasteiger partial charge in [-0.15, -0.1) is 0 Å². The van der Waals surface area contributed by atoms with Crippen LogP contribution in [0.2, 0.25) is 0 Å². The number of amides is 1. The van der Waals surface area contributed by atoms with Crippen molar-refractivity contribution in [3.8, 4) is 0 Å². The number of likely N-dealkylation sites (tertiary alicyclic amines) is 1. The van der Waals surface area contributed by atoms with Crippen LogP contribution >= 0.6 is 8.58 Å². The summed E-state index contributed by atoms with van der Waals surface area (Å²) in [7, 11) is 0.468. The summed E-state index contributed by atoms with van der Waals surface area (Å²) in [6.45, 7) is 11.5. The predicted octanol–water partition coefficient (Wildman–Crippen LogP) is 3.80. The molecule has 2 atom stereocenters. The molecule has 2 aromatic rings. The maximum atomic E-state index is 13.2. The molecule has 3 aliphatic rings. The molecule has 2 unspecified atom stereocenters. The van der Waals surface area contributed by atoms with Gasteiger partial charge in [0.1, 0.15) is 0 Å². The maximum Gasteiger partial charge on any atom is 0.252 e. The molecule has 33 heavy (non-hydrogen) atoms. The number of piperidine rings is 1. The molecule has 0 radical (unpaired) electrons. The van der Waals surface area contributed by atoms with E-state index in [4.69, 9.17) is 5.10 Å². The summed E-state index contributed by atoms with van der Waals surface area (Å²) < 4.78 is 1.88. The second-order valence-corrected chi connectivity index (χ2v) is 10.7. The summed E-state index contributed by atoms with van der Waals surface area (Å²) >= 11 is 0. The fourth-order valence-electron chi connectivity index (χ4n) is 4.98. The zero-order valence-corrected chi connectivity index (χ0v) is 20.9. The number of rotatable bonds is 5. The van der Waals surface area contributed by atoms with E-state index in [1.54, 1.807) is 6.08 Å². The van der Waals surface area contributed by atoms with E-state index >= 15 is 0 Å². The Morgan fingerprint density at radius 3 is 2.73 bits per heavy atom. The first-order valence-corrected chi connectivity index (χ1v) is 13.0. The van der Waals surface area contributed by atoms with E-state index in [-0.39, 0.29) is 11.7 Å². The number of nitrogens with one attached hydrogen (secondary N) is 1. The van der Waals surface area contributed by atoms with Crippen LogP contribution in [0.3, 0.4) is 0 Å². The molecule has 5 heterocycles. The lowest BCUT2D eigenvalue weighted by molar-refractivity contribution is -0.124. The number of hydrogen-bond acceptors (Lipinski definition) is 5. The average Bonchev–Trinajstić information content (AvgIpc) is 3.23. The third-order valence-electron chi connectivity index (χ3n) is 6.75. The van der Waals surface area contributed by atoms with Crippen molar-refractivity contribution in [3.05, 3.63) is 59.0 Å². The fourth-order valence-corrected chi connectivity index (χ4v) is 6.40. The predicted molar refractivity (Wildman–Crippen MR) is 134 cm³/mol. The summed E-state index contributed by atoms with van der Waals surface area (Å²) in [5, 5.41) is 9.44. The summed E-state index contributed by atoms with van der Waals surface area (Å²) in [5.74, 6) is 0.122. The number of carbonyl (C=O) groups excluding carboxylic acids is 1. The standard InChI is InChI=1S/C25H33N6OP/c1-5-8-26-19-6-9-29(10-7-19)20-11-16(2)25-30(15-20)24(32)13-23(33-25)21-12-22-18(4)27-17(3)14-31(22)28-21/h11-15,19,25-26,33H,5-10H2,1-4H3. The third-order valence-corrected chi connectivity index (χ3v) is 8.47. The normalized spacial score (nSPS) is 22.5. The lowest BCUT2D eigenvalue weighted by atomic mass is 10.0. The van der Waals surface area contributed by atoms with Crippen LogP contribution in [0.5, 0.6) is 0 Å². The van der Waals surface area contributed by atoms with E-state index in [1.165, 1.54) is 12.0 Å². The van der Waals surface area contributed by atoms with Gasteiger partial charge in [0.15, 0.2) is 0 Å². The molecule has 174 valence electrons. The van der Waals surface area contributed by atoms with Crippen LogP contribution in [-0.4, -0.2) is 61.8 Å². The lowest BCUT2D eigenvalue weighted by Gasteiger charge is -2.40. The van der Waals surface area contributed by atoms with Crippen LogP contribution in [0.25, 0.3) is 10.8 Å². The molecule has 1 fully saturated rings. The minimum atomic E-state index is 0.0429. The van der Waals surface area contributed by atoms with Gasteiger partial charge in [0.2, 0.25) is 0 Å². The molecule has 0 spiro atoms. The Kier molecular flexibility index (Phi) is 6.11. The smallest absolute Gasteiger partial charge is 0.252 e. The van der Waals surface area contributed by atoms with Crippen LogP contribution in [-0.2, 0) is 4.79 Å². The van der Waals surface area contributed by atoms with Crippen molar-refractivity contribution >= 4 is 25.3 Å². The number of fused-ring (bicyclic) bond motifs is 2. The van der Waals surface area contributed by atoms with E-state index in [1.807, 2.05) is 29.5 Å². The summed E-state index contributed by atoms with van der Waals surface area (Å²) in [6, 6.07) is 2.67. The minimum absolute atomic E-state index is 0.0429. The van der Waals surface area contributed by atoms with Gasteiger partial charge in [-0.3, -0.25) is 9.78 Å². The van der Waals surface area contributed by atoms with Crippen molar-refractivity contribution in [2.75, 3.05) is 19.6 Å². The van der Waals surface area contributed by atoms with Crippen LogP contribution in [0.15, 0.2) is 41.9 Å². The molecule has 0 aromatic carbocycles. The Labute approximate surface area is 197 Å². The number of aromatic nitrogens is 3. The van der Waals surface area contributed by atoms with Gasteiger partial charge in [-0.1, -0.05) is 15.5 Å². The molecule has 1 amide bonds. The highest BCUT2D eigenvalue weighted by molar-refractivity contribution is 7.51. The van der Waals surface area contributed by atoms with E-state index in [9.17, 15) is 4.79 Å². The Bertz CT molecular complexity index is 1170. The second kappa shape index (κ2) is 9.03. The van der Waals surface area contributed by atoms with Crippen molar-refractivity contribution in [2.45, 2.75) is 58.8 Å². The van der Waals surface area contributed by atoms with Gasteiger partial charge < -0.3 is 15.1 Å². The van der Waals surface area contributed by atoms with E-state index < -0.39 is 0 Å². The number of hydrogen-bond donors (Lipinski definition) is 1. The largest absolute Gasteiger partial charge is 0.370 e. The number of carbonyl (C=O) groups is 1. The maximum absolute atomic E-state index is 13.2. The molecule has 0 bridgehead atoms. The topological polar surface area (TPSA) is 65.8 Å². The van der Waals surface area contributed by atoms with E-state index in [2.05, 4.69) is 47.4 Å². The Morgan fingerprint density at radius 1 is 1.18 bits per heavy atom. The monoisotopic (exact) mass is 464 g/mol. The van der Waals surface area contributed by atoms with Gasteiger partial charge in [0.05, 0.1) is 40.3 Å². The summed E-state index contributed by atoms with van der Waals surface area (Å²) in [5.41, 5.74) is 6.17. The number of aryl methyl sites for hydroxylation is 2. The van der Waals surface area contributed by atoms with Crippen LogP contribution in [0, 0.1) is 13.8 Å². The molecule has 0 aliphatic carbocycles. The second-order valence-electron chi connectivity index (χ2n) is 9.34. The third kappa shape index (κ3) is 4.36. The molecule has 1 saturated heterocycles. The highest BCUT2D eigenvalue weighted by Gasteiger charge is 2.34. The average molecular weight is 465 g/mol. The number of allylic oxidation sites excluding steroid dienone is 1. The van der Waals surface area contributed by atoms with Gasteiger partial charge in [-0.2, -0.15) is 5.10 Å². The minimum Gasteiger partial charge on any atom is -0.370 e. The zero-order valence-electron chi connectivity index (χ0n) is 19.9. The first-order valence-electron chi connectivity index (χ1n) is 12.0. The van der Waals surface area contributed by atoms with Crippen molar-refractivity contribution in [2.24, 2.45) is 0 Å². The fraction of sp³-hybridized carbons (Fsp3) is 0.480. The molecule has 7 nitrogen and oxygen atoms in total. The van der Waals surface area contributed by atoms with E-state index in [0.717, 1.165) is 66.1 Å². The first-order chi connectivity index (χ1) is 15.9. The van der Waals surface area contributed by atoms with Crippen LogP contribution in [0.4, 0.5) is 0 Å². The highest BCUT2D eigenvalue weighted by atomic mass is 31.1. The molecule has 3 aliphatic heterocycles. The summed E-state index contributed by atoms with van der Waals surface area (Å²) in [6.07, 6.45) is 11.5. The molecule has 2 aromatic heterocycles. The number of nitrogens with zero attached hydrogens (tertiary/aromatic N) is 5. The molecule has 0 saturated carbocycles. The van der Waals surface area contributed by atoms with Gasteiger partial charge in [0.25, 0.3) is 5.91 Å². The SMILES string of the molecule is CCCNC1CCN(C2=CN3C(=O)C=C(c4cc5c(C)nc(C)cn5n4)PC3C(C)=C2)CC1.